The first kappa shape index (κ1) is 17.5. The maximum atomic E-state index is 12.0. The highest BCUT2D eigenvalue weighted by molar-refractivity contribution is 5.90. The largest absolute Gasteiger partial charge is 0.497 e. The van der Waals surface area contributed by atoms with Crippen LogP contribution < -0.4 is 10.1 Å². The number of anilines is 1. The van der Waals surface area contributed by atoms with E-state index in [1.54, 1.807) is 31.4 Å². The van der Waals surface area contributed by atoms with Crippen LogP contribution in [-0.2, 0) is 27.2 Å². The van der Waals surface area contributed by atoms with E-state index in [2.05, 4.69) is 10.1 Å². The van der Waals surface area contributed by atoms with Gasteiger partial charge in [-0.2, -0.15) is 0 Å². The third-order valence-electron chi connectivity index (χ3n) is 3.61. The maximum Gasteiger partial charge on any atom is 0.309 e. The van der Waals surface area contributed by atoms with E-state index in [0.29, 0.717) is 18.5 Å². The second-order valence-electron chi connectivity index (χ2n) is 5.35. The SMILES string of the molecule is COC(=O)Cc1ccc(NC(=O)CCc2ccc(OC)cc2)cc1. The standard InChI is InChI=1S/C19H21NO4/c1-23-17-10-5-14(6-11-17)7-12-18(21)20-16-8-3-15(4-9-16)13-19(22)24-2/h3-6,8-11H,7,12-13H2,1-2H3,(H,20,21). The normalized spacial score (nSPS) is 10.1. The fourth-order valence-electron chi connectivity index (χ4n) is 2.22. The molecule has 0 aliphatic heterocycles. The summed E-state index contributed by atoms with van der Waals surface area (Å²) >= 11 is 0. The van der Waals surface area contributed by atoms with Crippen molar-refractivity contribution in [3.63, 3.8) is 0 Å². The zero-order valence-corrected chi connectivity index (χ0v) is 13.9. The molecule has 0 radical (unpaired) electrons. The van der Waals surface area contributed by atoms with E-state index in [9.17, 15) is 9.59 Å². The van der Waals surface area contributed by atoms with Crippen LogP contribution in [0.3, 0.4) is 0 Å². The molecular formula is C19H21NO4. The number of hydrogen-bond acceptors (Lipinski definition) is 4. The second kappa shape index (κ2) is 8.72. The van der Waals surface area contributed by atoms with E-state index >= 15 is 0 Å². The fraction of sp³-hybridized carbons (Fsp3) is 0.263. The van der Waals surface area contributed by atoms with Crippen molar-refractivity contribution in [3.8, 4) is 5.75 Å². The number of carbonyl (C=O) groups excluding carboxylic acids is 2. The molecule has 24 heavy (non-hydrogen) atoms. The fourth-order valence-corrected chi connectivity index (χ4v) is 2.22. The van der Waals surface area contributed by atoms with Crippen LogP contribution in [0.5, 0.6) is 5.75 Å². The van der Waals surface area contributed by atoms with Gasteiger partial charge in [0.1, 0.15) is 5.75 Å². The first-order valence-corrected chi connectivity index (χ1v) is 7.69. The molecule has 2 aromatic carbocycles. The number of amides is 1. The smallest absolute Gasteiger partial charge is 0.309 e. The number of ether oxygens (including phenoxy) is 2. The molecule has 0 atom stereocenters. The van der Waals surface area contributed by atoms with Crippen molar-refractivity contribution in [1.29, 1.82) is 0 Å². The van der Waals surface area contributed by atoms with Crippen molar-refractivity contribution in [1.82, 2.24) is 0 Å². The zero-order chi connectivity index (χ0) is 17.4. The highest BCUT2D eigenvalue weighted by Gasteiger charge is 2.05. The van der Waals surface area contributed by atoms with Gasteiger partial charge in [-0.3, -0.25) is 9.59 Å². The Morgan fingerprint density at radius 1 is 0.917 bits per heavy atom. The summed E-state index contributed by atoms with van der Waals surface area (Å²) in [4.78, 5) is 23.2. The Morgan fingerprint density at radius 3 is 2.12 bits per heavy atom. The van der Waals surface area contributed by atoms with Gasteiger partial charge in [0.05, 0.1) is 20.6 Å². The molecule has 0 spiro atoms. The Bertz CT molecular complexity index is 678. The molecule has 0 saturated heterocycles. The van der Waals surface area contributed by atoms with E-state index in [1.807, 2.05) is 24.3 Å². The molecular weight excluding hydrogens is 306 g/mol. The van der Waals surface area contributed by atoms with Gasteiger partial charge in [-0.15, -0.1) is 0 Å². The molecule has 5 nitrogen and oxygen atoms in total. The lowest BCUT2D eigenvalue weighted by Gasteiger charge is -2.07. The highest BCUT2D eigenvalue weighted by Crippen LogP contribution is 2.14. The van der Waals surface area contributed by atoms with E-state index in [-0.39, 0.29) is 18.3 Å². The average Bonchev–Trinajstić information content (AvgIpc) is 2.62. The summed E-state index contributed by atoms with van der Waals surface area (Å²) in [5, 5.41) is 2.85. The molecule has 0 bridgehead atoms. The molecule has 0 saturated carbocycles. The molecule has 2 aromatic rings. The molecule has 0 aliphatic rings. The van der Waals surface area contributed by atoms with Crippen LogP contribution in [-0.4, -0.2) is 26.1 Å². The molecule has 0 unspecified atom stereocenters. The molecule has 126 valence electrons. The summed E-state index contributed by atoms with van der Waals surface area (Å²) in [6, 6.07) is 14.8. The second-order valence-corrected chi connectivity index (χ2v) is 5.35. The van der Waals surface area contributed by atoms with Crippen LogP contribution in [0.2, 0.25) is 0 Å². The van der Waals surface area contributed by atoms with Crippen molar-refractivity contribution in [2.75, 3.05) is 19.5 Å². The van der Waals surface area contributed by atoms with E-state index in [0.717, 1.165) is 16.9 Å². The maximum absolute atomic E-state index is 12.0. The van der Waals surface area contributed by atoms with Gasteiger partial charge in [-0.25, -0.2) is 0 Å². The number of benzene rings is 2. The van der Waals surface area contributed by atoms with Gasteiger partial charge < -0.3 is 14.8 Å². The molecule has 0 heterocycles. The number of rotatable bonds is 7. The summed E-state index contributed by atoms with van der Waals surface area (Å²) in [5.74, 6) is 0.466. The summed E-state index contributed by atoms with van der Waals surface area (Å²) in [6.07, 6.45) is 1.29. The number of carbonyl (C=O) groups is 2. The first-order chi connectivity index (χ1) is 11.6. The predicted octanol–water partition coefficient (Wildman–Crippen LogP) is 2.98. The lowest BCUT2D eigenvalue weighted by Crippen LogP contribution is -2.12. The van der Waals surface area contributed by atoms with Gasteiger partial charge in [0.15, 0.2) is 0 Å². The summed E-state index contributed by atoms with van der Waals surface area (Å²) in [6.45, 7) is 0. The van der Waals surface area contributed by atoms with Crippen LogP contribution in [0.15, 0.2) is 48.5 Å². The van der Waals surface area contributed by atoms with Crippen molar-refractivity contribution in [3.05, 3.63) is 59.7 Å². The Balaban J connectivity index is 1.82. The van der Waals surface area contributed by atoms with Gasteiger partial charge >= 0.3 is 5.97 Å². The predicted molar refractivity (Wildman–Crippen MR) is 92.1 cm³/mol. The molecule has 1 N–H and O–H groups in total. The molecule has 0 aliphatic carbocycles. The van der Waals surface area contributed by atoms with Gasteiger partial charge in [-0.1, -0.05) is 24.3 Å². The molecule has 1 amide bonds. The van der Waals surface area contributed by atoms with Crippen molar-refractivity contribution < 1.29 is 19.1 Å². The average molecular weight is 327 g/mol. The van der Waals surface area contributed by atoms with Gasteiger partial charge in [0, 0.05) is 12.1 Å². The third-order valence-corrected chi connectivity index (χ3v) is 3.61. The Morgan fingerprint density at radius 2 is 1.54 bits per heavy atom. The first-order valence-electron chi connectivity index (χ1n) is 7.69. The number of nitrogens with one attached hydrogen (secondary N) is 1. The van der Waals surface area contributed by atoms with Crippen LogP contribution in [0.4, 0.5) is 5.69 Å². The minimum atomic E-state index is -0.286. The van der Waals surface area contributed by atoms with Crippen LogP contribution >= 0.6 is 0 Å². The van der Waals surface area contributed by atoms with Gasteiger partial charge in [0.25, 0.3) is 0 Å². The number of methoxy groups -OCH3 is 2. The number of hydrogen-bond donors (Lipinski definition) is 1. The molecule has 0 fully saturated rings. The van der Waals surface area contributed by atoms with Crippen molar-refractivity contribution in [2.24, 2.45) is 0 Å². The third kappa shape index (κ3) is 5.43. The lowest BCUT2D eigenvalue weighted by molar-refractivity contribution is -0.139. The summed E-state index contributed by atoms with van der Waals surface area (Å²) in [5.41, 5.74) is 2.64. The minimum absolute atomic E-state index is 0.0495. The number of esters is 1. The highest BCUT2D eigenvalue weighted by atomic mass is 16.5. The Hall–Kier alpha value is -2.82. The molecule has 2 rings (SSSR count). The van der Waals surface area contributed by atoms with Crippen molar-refractivity contribution >= 4 is 17.6 Å². The van der Waals surface area contributed by atoms with Gasteiger partial charge in [0.2, 0.25) is 5.91 Å². The minimum Gasteiger partial charge on any atom is -0.497 e. The lowest BCUT2D eigenvalue weighted by atomic mass is 10.1. The van der Waals surface area contributed by atoms with Crippen LogP contribution in [0.25, 0.3) is 0 Å². The zero-order valence-electron chi connectivity index (χ0n) is 13.9. The Kier molecular flexibility index (Phi) is 6.37. The van der Waals surface area contributed by atoms with Crippen LogP contribution in [0.1, 0.15) is 17.5 Å². The summed E-state index contributed by atoms with van der Waals surface area (Å²) in [7, 11) is 2.98. The molecule has 0 aromatic heterocycles. The van der Waals surface area contributed by atoms with Crippen LogP contribution in [0, 0.1) is 0 Å². The van der Waals surface area contributed by atoms with E-state index < -0.39 is 0 Å². The molecule has 5 heteroatoms. The topological polar surface area (TPSA) is 64.6 Å². The summed E-state index contributed by atoms with van der Waals surface area (Å²) < 4.78 is 9.73. The monoisotopic (exact) mass is 327 g/mol. The number of aryl methyl sites for hydroxylation is 1. The van der Waals surface area contributed by atoms with Gasteiger partial charge in [-0.05, 0) is 41.8 Å². The van der Waals surface area contributed by atoms with E-state index in [1.165, 1.54) is 7.11 Å². The Labute approximate surface area is 141 Å². The van der Waals surface area contributed by atoms with Crippen molar-refractivity contribution in [2.45, 2.75) is 19.3 Å². The van der Waals surface area contributed by atoms with E-state index in [4.69, 9.17) is 4.74 Å². The quantitative estimate of drug-likeness (QED) is 0.794.